The molecular formula is C23H31ClN4OS. The molecule has 0 aromatic heterocycles. The fraction of sp³-hybridized carbons (Fsp3) is 0.391. The third-order valence-electron chi connectivity index (χ3n) is 4.33. The van der Waals surface area contributed by atoms with Gasteiger partial charge in [0.2, 0.25) is 0 Å². The Morgan fingerprint density at radius 2 is 1.97 bits per heavy atom. The number of benzene rings is 1. The lowest BCUT2D eigenvalue weighted by Gasteiger charge is -2.22. The van der Waals surface area contributed by atoms with Crippen molar-refractivity contribution in [2.24, 2.45) is 9.98 Å². The molecule has 0 aliphatic carbocycles. The summed E-state index contributed by atoms with van der Waals surface area (Å²) < 4.78 is 0. The third kappa shape index (κ3) is 9.64. The molecule has 0 radical (unpaired) electrons. The molecule has 5 nitrogen and oxygen atoms in total. The van der Waals surface area contributed by atoms with E-state index in [0.29, 0.717) is 28.1 Å². The van der Waals surface area contributed by atoms with Gasteiger partial charge in [-0.05, 0) is 62.2 Å². The largest absolute Gasteiger partial charge is 0.378 e. The Kier molecular flexibility index (Phi) is 11.5. The SMILES string of the molecule is C#C/C(=N\C=C(/C)Cl)SC(=C)N(C)/C=N\Cc1ccc(C(C)CC(O)N(C)C)cc1. The number of aliphatic imine (C=N–C) groups is 2. The third-order valence-corrected chi connectivity index (χ3v) is 5.37. The number of aliphatic hydroxyl groups is 1. The van der Waals surface area contributed by atoms with Crippen LogP contribution in [0.25, 0.3) is 0 Å². The summed E-state index contributed by atoms with van der Waals surface area (Å²) in [4.78, 5) is 12.2. The number of hydrogen-bond donors (Lipinski definition) is 1. The van der Waals surface area contributed by atoms with Gasteiger partial charge in [0.15, 0.2) is 5.04 Å². The van der Waals surface area contributed by atoms with Crippen molar-refractivity contribution in [3.05, 3.63) is 58.2 Å². The van der Waals surface area contributed by atoms with Crippen LogP contribution in [0.15, 0.2) is 57.1 Å². The van der Waals surface area contributed by atoms with Crippen molar-refractivity contribution in [1.82, 2.24) is 9.80 Å². The van der Waals surface area contributed by atoms with Gasteiger partial charge in [-0.2, -0.15) is 0 Å². The Labute approximate surface area is 190 Å². The average molecular weight is 447 g/mol. The number of rotatable bonds is 10. The summed E-state index contributed by atoms with van der Waals surface area (Å²) in [5.74, 6) is 2.79. The average Bonchev–Trinajstić information content (AvgIpc) is 2.70. The lowest BCUT2D eigenvalue weighted by atomic mass is 9.96. The molecule has 0 bridgehead atoms. The Morgan fingerprint density at radius 3 is 2.50 bits per heavy atom. The van der Waals surface area contributed by atoms with Crippen molar-refractivity contribution in [2.75, 3.05) is 21.1 Å². The molecule has 0 saturated heterocycles. The molecule has 30 heavy (non-hydrogen) atoms. The Morgan fingerprint density at radius 1 is 1.33 bits per heavy atom. The van der Waals surface area contributed by atoms with Crippen LogP contribution in [0.5, 0.6) is 0 Å². The highest BCUT2D eigenvalue weighted by atomic mass is 35.5. The van der Waals surface area contributed by atoms with Gasteiger partial charge in [-0.15, -0.1) is 6.42 Å². The van der Waals surface area contributed by atoms with E-state index in [1.165, 1.54) is 23.5 Å². The van der Waals surface area contributed by atoms with Gasteiger partial charge in [0.05, 0.1) is 17.9 Å². The summed E-state index contributed by atoms with van der Waals surface area (Å²) in [7, 11) is 5.61. The molecule has 2 atom stereocenters. The summed E-state index contributed by atoms with van der Waals surface area (Å²) in [6, 6.07) is 8.33. The standard InChI is InChI=1S/C23H31ClN4OS/c1-8-22(26-14-18(3)24)30-19(4)28(7)16-25-15-20-9-11-21(12-10-20)17(2)13-23(29)27(5)6/h1,9-12,14,16-17,23,29H,4,13,15H2,2-3,5-7H3/b18-14+,25-16-,26-22+. The lowest BCUT2D eigenvalue weighted by molar-refractivity contribution is 0.0287. The molecule has 1 rings (SSSR count). The predicted molar refractivity (Wildman–Crippen MR) is 132 cm³/mol. The first-order valence-electron chi connectivity index (χ1n) is 9.53. The molecule has 2 unspecified atom stereocenters. The van der Waals surface area contributed by atoms with Crippen molar-refractivity contribution in [1.29, 1.82) is 0 Å². The number of hydrogen-bond acceptors (Lipinski definition) is 5. The first-order chi connectivity index (χ1) is 14.1. The fourth-order valence-corrected chi connectivity index (χ4v) is 3.00. The van der Waals surface area contributed by atoms with E-state index in [9.17, 15) is 5.11 Å². The van der Waals surface area contributed by atoms with Crippen LogP contribution < -0.4 is 0 Å². The minimum atomic E-state index is -0.444. The van der Waals surface area contributed by atoms with E-state index in [1.54, 1.807) is 18.2 Å². The van der Waals surface area contributed by atoms with Gasteiger partial charge in [-0.1, -0.05) is 49.4 Å². The summed E-state index contributed by atoms with van der Waals surface area (Å²) in [6.07, 6.45) is 8.95. The zero-order valence-electron chi connectivity index (χ0n) is 18.3. The van der Waals surface area contributed by atoms with Crippen molar-refractivity contribution in [3.63, 3.8) is 0 Å². The molecule has 0 aliphatic rings. The summed E-state index contributed by atoms with van der Waals surface area (Å²) in [5.41, 5.74) is 2.31. The number of halogens is 1. The summed E-state index contributed by atoms with van der Waals surface area (Å²) >= 11 is 7.06. The zero-order chi connectivity index (χ0) is 22.7. The molecule has 7 heteroatoms. The molecule has 1 N–H and O–H groups in total. The first kappa shape index (κ1) is 26.0. The summed E-state index contributed by atoms with van der Waals surface area (Å²) in [5, 5.41) is 11.8. The second kappa shape index (κ2) is 13.3. The van der Waals surface area contributed by atoms with E-state index in [0.717, 1.165) is 5.56 Å². The van der Waals surface area contributed by atoms with Crippen molar-refractivity contribution >= 4 is 34.7 Å². The zero-order valence-corrected chi connectivity index (χ0v) is 19.9. The maximum atomic E-state index is 10.0. The molecule has 1 aromatic carbocycles. The monoisotopic (exact) mass is 446 g/mol. The fourth-order valence-electron chi connectivity index (χ4n) is 2.37. The molecule has 162 valence electrons. The van der Waals surface area contributed by atoms with Gasteiger partial charge >= 0.3 is 0 Å². The maximum absolute atomic E-state index is 10.0. The lowest BCUT2D eigenvalue weighted by Crippen LogP contribution is -2.28. The Hall–Kier alpha value is -2.04. The molecule has 0 amide bonds. The van der Waals surface area contributed by atoms with E-state index >= 15 is 0 Å². The van der Waals surface area contributed by atoms with Crippen molar-refractivity contribution < 1.29 is 5.11 Å². The number of allylic oxidation sites excluding steroid dienone is 1. The normalized spacial score (nSPS) is 14.6. The molecule has 0 aliphatic heterocycles. The van der Waals surface area contributed by atoms with Gasteiger partial charge in [0.25, 0.3) is 0 Å². The summed E-state index contributed by atoms with van der Waals surface area (Å²) in [6.45, 7) is 8.42. The van der Waals surface area contributed by atoms with Crippen LogP contribution in [0.3, 0.4) is 0 Å². The van der Waals surface area contributed by atoms with E-state index in [1.807, 2.05) is 26.0 Å². The number of terminal acetylenes is 1. The molecule has 0 saturated carbocycles. The van der Waals surface area contributed by atoms with Gasteiger partial charge in [0, 0.05) is 18.3 Å². The molecule has 0 spiro atoms. The highest BCUT2D eigenvalue weighted by Gasteiger charge is 2.13. The van der Waals surface area contributed by atoms with Gasteiger partial charge in [0.1, 0.15) is 6.23 Å². The van der Waals surface area contributed by atoms with Gasteiger partial charge < -0.3 is 10.0 Å². The number of aliphatic hydroxyl groups excluding tert-OH is 1. The molecule has 0 fully saturated rings. The highest BCUT2D eigenvalue weighted by molar-refractivity contribution is 8.17. The first-order valence-corrected chi connectivity index (χ1v) is 10.7. The van der Waals surface area contributed by atoms with Crippen molar-refractivity contribution in [2.45, 2.75) is 39.0 Å². The minimum Gasteiger partial charge on any atom is -0.378 e. The quantitative estimate of drug-likeness (QED) is 0.241. The van der Waals surface area contributed by atoms with E-state index in [2.05, 4.69) is 53.7 Å². The second-order valence-electron chi connectivity index (χ2n) is 7.18. The number of nitrogens with zero attached hydrogens (tertiary/aromatic N) is 4. The maximum Gasteiger partial charge on any atom is 0.152 e. The van der Waals surface area contributed by atoms with Crippen LogP contribution in [0, 0.1) is 12.3 Å². The second-order valence-corrected chi connectivity index (χ2v) is 8.84. The smallest absolute Gasteiger partial charge is 0.152 e. The van der Waals surface area contributed by atoms with Crippen LogP contribution in [-0.4, -0.2) is 53.7 Å². The van der Waals surface area contributed by atoms with Crippen LogP contribution in [0.4, 0.5) is 0 Å². The molecular weight excluding hydrogens is 416 g/mol. The molecule has 1 aromatic rings. The minimum absolute atomic E-state index is 0.274. The highest BCUT2D eigenvalue weighted by Crippen LogP contribution is 2.22. The van der Waals surface area contributed by atoms with Gasteiger partial charge in [-0.25, -0.2) is 4.99 Å². The Balaban J connectivity index is 2.60. The van der Waals surface area contributed by atoms with Crippen molar-refractivity contribution in [3.8, 4) is 12.3 Å². The number of thioether (sulfide) groups is 1. The van der Waals surface area contributed by atoms with E-state index < -0.39 is 6.23 Å². The topological polar surface area (TPSA) is 51.4 Å². The van der Waals surface area contributed by atoms with Crippen LogP contribution in [0.2, 0.25) is 0 Å². The van der Waals surface area contributed by atoms with Crippen LogP contribution in [0.1, 0.15) is 37.3 Å². The van der Waals surface area contributed by atoms with Crippen LogP contribution in [-0.2, 0) is 6.54 Å². The predicted octanol–water partition coefficient (Wildman–Crippen LogP) is 4.86. The van der Waals surface area contributed by atoms with Gasteiger partial charge in [-0.3, -0.25) is 9.89 Å². The van der Waals surface area contributed by atoms with E-state index in [4.69, 9.17) is 18.0 Å². The Bertz CT molecular complexity index is 821. The molecule has 0 heterocycles. The van der Waals surface area contributed by atoms with E-state index in [-0.39, 0.29) is 5.92 Å². The van der Waals surface area contributed by atoms with Crippen LogP contribution >= 0.6 is 23.4 Å².